The molecule has 0 atom stereocenters. The highest BCUT2D eigenvalue weighted by Gasteiger charge is 2.31. The number of hydrogen-bond acceptors (Lipinski definition) is 3. The minimum absolute atomic E-state index is 0.290. The predicted molar refractivity (Wildman–Crippen MR) is 83.8 cm³/mol. The van der Waals surface area contributed by atoms with E-state index >= 15 is 0 Å². The van der Waals surface area contributed by atoms with Crippen LogP contribution in [0, 0.1) is 5.41 Å². The van der Waals surface area contributed by atoms with Crippen LogP contribution in [-0.4, -0.2) is 31.6 Å². The number of likely N-dealkylation sites (tertiary alicyclic amines) is 1. The summed E-state index contributed by atoms with van der Waals surface area (Å²) in [5.41, 5.74) is 7.61. The van der Waals surface area contributed by atoms with Crippen molar-refractivity contribution in [2.45, 2.75) is 25.8 Å². The molecule has 0 spiro atoms. The van der Waals surface area contributed by atoms with Gasteiger partial charge in [-0.25, -0.2) is 0 Å². The molecular weight excluding hydrogens is 248 g/mol. The van der Waals surface area contributed by atoms with Gasteiger partial charge in [0.2, 0.25) is 0 Å². The molecule has 1 saturated heterocycles. The molecule has 0 bridgehead atoms. The van der Waals surface area contributed by atoms with Gasteiger partial charge in [0.05, 0.1) is 7.11 Å². The van der Waals surface area contributed by atoms with Crippen molar-refractivity contribution >= 4 is 0 Å². The summed E-state index contributed by atoms with van der Waals surface area (Å²) in [5.74, 6) is 0.917. The van der Waals surface area contributed by atoms with Crippen LogP contribution in [-0.2, 0) is 6.54 Å². The van der Waals surface area contributed by atoms with E-state index in [4.69, 9.17) is 10.5 Å². The van der Waals surface area contributed by atoms with Gasteiger partial charge in [0.15, 0.2) is 0 Å². The second kappa shape index (κ2) is 6.91. The molecule has 0 saturated carbocycles. The first-order valence-electron chi connectivity index (χ1n) is 7.37. The third-order valence-corrected chi connectivity index (χ3v) is 4.49. The van der Waals surface area contributed by atoms with Crippen molar-refractivity contribution in [2.75, 3.05) is 26.7 Å². The predicted octanol–water partition coefficient (Wildman–Crippen LogP) is 2.81. The zero-order valence-corrected chi connectivity index (χ0v) is 12.5. The maximum Gasteiger partial charge on any atom is 0.118 e. The molecule has 0 aromatic heterocycles. The minimum Gasteiger partial charge on any atom is -0.497 e. The van der Waals surface area contributed by atoms with E-state index in [0.717, 1.165) is 38.3 Å². The summed E-state index contributed by atoms with van der Waals surface area (Å²) < 4.78 is 5.19. The van der Waals surface area contributed by atoms with Crippen LogP contribution in [0.2, 0.25) is 0 Å². The van der Waals surface area contributed by atoms with Gasteiger partial charge in [-0.3, -0.25) is 4.90 Å². The maximum atomic E-state index is 5.97. The molecule has 2 rings (SSSR count). The van der Waals surface area contributed by atoms with Gasteiger partial charge in [-0.05, 0) is 62.0 Å². The number of methoxy groups -OCH3 is 1. The lowest BCUT2D eigenvalue weighted by atomic mass is 9.76. The lowest BCUT2D eigenvalue weighted by molar-refractivity contribution is 0.107. The van der Waals surface area contributed by atoms with Gasteiger partial charge in [0.25, 0.3) is 0 Å². The Labute approximate surface area is 122 Å². The molecule has 0 amide bonds. The van der Waals surface area contributed by atoms with Crippen molar-refractivity contribution in [3.63, 3.8) is 0 Å². The number of nitrogens with two attached hydrogens (primary N) is 1. The van der Waals surface area contributed by atoms with Gasteiger partial charge in [0, 0.05) is 6.54 Å². The van der Waals surface area contributed by atoms with Crippen molar-refractivity contribution in [3.8, 4) is 5.75 Å². The fraction of sp³-hybridized carbons (Fsp3) is 0.529. The largest absolute Gasteiger partial charge is 0.497 e. The standard InChI is InChI=1S/C17H26N2O/c1-3-8-17(14-18)9-11-19(12-10-17)13-15-4-6-16(20-2)7-5-15/h3-7H,1,8-14,18H2,2H3. The molecule has 3 heteroatoms. The van der Waals surface area contributed by atoms with Gasteiger partial charge in [0.1, 0.15) is 5.75 Å². The molecular formula is C17H26N2O. The van der Waals surface area contributed by atoms with Crippen LogP contribution in [0.3, 0.4) is 0 Å². The Hall–Kier alpha value is -1.32. The molecule has 110 valence electrons. The number of nitrogens with zero attached hydrogens (tertiary/aromatic N) is 1. The van der Waals surface area contributed by atoms with Crippen LogP contribution in [0.25, 0.3) is 0 Å². The van der Waals surface area contributed by atoms with E-state index in [0.29, 0.717) is 0 Å². The highest BCUT2D eigenvalue weighted by Crippen LogP contribution is 2.34. The van der Waals surface area contributed by atoms with E-state index in [9.17, 15) is 0 Å². The molecule has 20 heavy (non-hydrogen) atoms. The minimum atomic E-state index is 0.290. The molecule has 0 unspecified atom stereocenters. The first kappa shape index (κ1) is 15.1. The summed E-state index contributed by atoms with van der Waals surface area (Å²) in [5, 5.41) is 0. The van der Waals surface area contributed by atoms with Crippen molar-refractivity contribution in [1.82, 2.24) is 4.90 Å². The number of allylic oxidation sites excluding steroid dienone is 1. The summed E-state index contributed by atoms with van der Waals surface area (Å²) in [4.78, 5) is 2.51. The van der Waals surface area contributed by atoms with E-state index < -0.39 is 0 Å². The van der Waals surface area contributed by atoms with Crippen LogP contribution >= 0.6 is 0 Å². The Bertz CT molecular complexity index is 419. The summed E-state index contributed by atoms with van der Waals surface area (Å²) in [7, 11) is 1.70. The second-order valence-electron chi connectivity index (χ2n) is 5.82. The summed E-state index contributed by atoms with van der Waals surface area (Å²) >= 11 is 0. The number of ether oxygens (including phenoxy) is 1. The number of hydrogen-bond donors (Lipinski definition) is 1. The SMILES string of the molecule is C=CCC1(CN)CCN(Cc2ccc(OC)cc2)CC1. The molecule has 1 aromatic carbocycles. The van der Waals surface area contributed by atoms with Crippen LogP contribution in [0.5, 0.6) is 5.75 Å². The number of rotatable bonds is 6. The topological polar surface area (TPSA) is 38.5 Å². The van der Waals surface area contributed by atoms with E-state index in [1.165, 1.54) is 18.4 Å². The third-order valence-electron chi connectivity index (χ3n) is 4.49. The Morgan fingerprint density at radius 1 is 1.30 bits per heavy atom. The molecule has 3 nitrogen and oxygen atoms in total. The molecule has 1 aromatic rings. The smallest absolute Gasteiger partial charge is 0.118 e. The molecule has 0 radical (unpaired) electrons. The van der Waals surface area contributed by atoms with E-state index in [1.807, 2.05) is 18.2 Å². The average molecular weight is 274 g/mol. The summed E-state index contributed by atoms with van der Waals surface area (Å²) in [6.45, 7) is 7.90. The Morgan fingerprint density at radius 3 is 2.45 bits per heavy atom. The van der Waals surface area contributed by atoms with Gasteiger partial charge in [-0.1, -0.05) is 18.2 Å². The average Bonchev–Trinajstić information content (AvgIpc) is 2.50. The van der Waals surface area contributed by atoms with Crippen LogP contribution < -0.4 is 10.5 Å². The van der Waals surface area contributed by atoms with Gasteiger partial charge < -0.3 is 10.5 Å². The van der Waals surface area contributed by atoms with Crippen LogP contribution in [0.15, 0.2) is 36.9 Å². The zero-order valence-electron chi connectivity index (χ0n) is 12.5. The molecule has 1 heterocycles. The van der Waals surface area contributed by atoms with Crippen molar-refractivity contribution in [1.29, 1.82) is 0 Å². The Kier molecular flexibility index (Phi) is 5.21. The van der Waals surface area contributed by atoms with Crippen molar-refractivity contribution in [3.05, 3.63) is 42.5 Å². The third kappa shape index (κ3) is 3.62. The summed E-state index contributed by atoms with van der Waals surface area (Å²) in [6.07, 6.45) is 5.41. The fourth-order valence-corrected chi connectivity index (χ4v) is 2.97. The highest BCUT2D eigenvalue weighted by molar-refractivity contribution is 5.27. The summed E-state index contributed by atoms with van der Waals surface area (Å²) in [6, 6.07) is 8.35. The zero-order chi connectivity index (χ0) is 14.4. The maximum absolute atomic E-state index is 5.97. The second-order valence-corrected chi connectivity index (χ2v) is 5.82. The van der Waals surface area contributed by atoms with Gasteiger partial charge >= 0.3 is 0 Å². The van der Waals surface area contributed by atoms with E-state index in [-0.39, 0.29) is 5.41 Å². The first-order chi connectivity index (χ1) is 9.71. The van der Waals surface area contributed by atoms with Crippen LogP contribution in [0.1, 0.15) is 24.8 Å². The Balaban J connectivity index is 1.88. The van der Waals surface area contributed by atoms with Crippen molar-refractivity contribution in [2.24, 2.45) is 11.1 Å². The lowest BCUT2D eigenvalue weighted by Gasteiger charge is -2.40. The molecule has 1 aliphatic heterocycles. The molecule has 0 aliphatic carbocycles. The molecule has 1 fully saturated rings. The van der Waals surface area contributed by atoms with Gasteiger partial charge in [-0.15, -0.1) is 6.58 Å². The number of piperidine rings is 1. The van der Waals surface area contributed by atoms with Gasteiger partial charge in [-0.2, -0.15) is 0 Å². The Morgan fingerprint density at radius 2 is 1.95 bits per heavy atom. The first-order valence-corrected chi connectivity index (χ1v) is 7.37. The highest BCUT2D eigenvalue weighted by atomic mass is 16.5. The molecule has 1 aliphatic rings. The number of benzene rings is 1. The quantitative estimate of drug-likeness (QED) is 0.811. The van der Waals surface area contributed by atoms with Crippen molar-refractivity contribution < 1.29 is 4.74 Å². The van der Waals surface area contributed by atoms with E-state index in [2.05, 4.69) is 23.6 Å². The van der Waals surface area contributed by atoms with Crippen LogP contribution in [0.4, 0.5) is 0 Å². The lowest BCUT2D eigenvalue weighted by Crippen LogP contribution is -2.43. The normalized spacial score (nSPS) is 18.7. The van der Waals surface area contributed by atoms with E-state index in [1.54, 1.807) is 7.11 Å². The monoisotopic (exact) mass is 274 g/mol. The molecule has 2 N–H and O–H groups in total. The fourth-order valence-electron chi connectivity index (χ4n) is 2.97.